The van der Waals surface area contributed by atoms with E-state index in [1.165, 1.54) is 11.8 Å². The Bertz CT molecular complexity index is 603. The molecule has 1 aliphatic heterocycles. The standard InChI is InChI=1S/C16H20N2O4S/c1-11(2)17-14(19)9-22-16(21)7-8-18-12-5-3-4-6-13(12)23-10-15(18)20/h3-6,11H,7-10H2,1-2H3,(H,17,19). The minimum Gasteiger partial charge on any atom is -0.456 e. The van der Waals surface area contributed by atoms with Gasteiger partial charge in [-0.15, -0.1) is 11.8 Å². The second-order valence-corrected chi connectivity index (χ2v) is 6.45. The highest BCUT2D eigenvalue weighted by Crippen LogP contribution is 2.34. The van der Waals surface area contributed by atoms with Gasteiger partial charge in [0.25, 0.3) is 5.91 Å². The number of ether oxygens (including phenoxy) is 1. The van der Waals surface area contributed by atoms with Crippen molar-refractivity contribution in [3.05, 3.63) is 24.3 Å². The van der Waals surface area contributed by atoms with E-state index in [-0.39, 0.29) is 37.4 Å². The van der Waals surface area contributed by atoms with Gasteiger partial charge in [0.1, 0.15) is 0 Å². The Labute approximate surface area is 139 Å². The Balaban J connectivity index is 1.84. The van der Waals surface area contributed by atoms with Crippen molar-refractivity contribution in [2.45, 2.75) is 31.2 Å². The SMILES string of the molecule is CC(C)NC(=O)COC(=O)CCN1C(=O)CSc2ccccc21. The Morgan fingerprint density at radius 3 is 2.83 bits per heavy atom. The number of para-hydroxylation sites is 1. The fourth-order valence-corrected chi connectivity index (χ4v) is 3.12. The van der Waals surface area contributed by atoms with Gasteiger partial charge in [-0.25, -0.2) is 0 Å². The van der Waals surface area contributed by atoms with Gasteiger partial charge in [0.05, 0.1) is 17.9 Å². The summed E-state index contributed by atoms with van der Waals surface area (Å²) < 4.78 is 4.92. The third-order valence-corrected chi connectivity index (χ3v) is 4.21. The van der Waals surface area contributed by atoms with Crippen LogP contribution in [0.3, 0.4) is 0 Å². The Kier molecular flexibility index (Phi) is 6.04. The maximum Gasteiger partial charge on any atom is 0.308 e. The van der Waals surface area contributed by atoms with Gasteiger partial charge >= 0.3 is 5.97 Å². The van der Waals surface area contributed by atoms with Crippen LogP contribution in [-0.4, -0.2) is 42.7 Å². The summed E-state index contributed by atoms with van der Waals surface area (Å²) in [4.78, 5) is 37.8. The topological polar surface area (TPSA) is 75.7 Å². The van der Waals surface area contributed by atoms with E-state index in [2.05, 4.69) is 5.32 Å². The van der Waals surface area contributed by atoms with Crippen LogP contribution in [0, 0.1) is 0 Å². The molecule has 0 unspecified atom stereocenters. The summed E-state index contributed by atoms with van der Waals surface area (Å²) in [6.45, 7) is 3.62. The van der Waals surface area contributed by atoms with E-state index in [1.54, 1.807) is 4.90 Å². The van der Waals surface area contributed by atoms with Crippen molar-refractivity contribution < 1.29 is 19.1 Å². The lowest BCUT2D eigenvalue weighted by molar-refractivity contribution is -0.148. The lowest BCUT2D eigenvalue weighted by Crippen LogP contribution is -2.37. The van der Waals surface area contributed by atoms with Crippen LogP contribution in [0.15, 0.2) is 29.2 Å². The predicted octanol–water partition coefficient (Wildman–Crippen LogP) is 1.58. The molecular formula is C16H20N2O4S. The second-order valence-electron chi connectivity index (χ2n) is 5.43. The summed E-state index contributed by atoms with van der Waals surface area (Å²) in [5, 5.41) is 2.64. The highest BCUT2D eigenvalue weighted by molar-refractivity contribution is 8.00. The summed E-state index contributed by atoms with van der Waals surface area (Å²) in [6.07, 6.45) is 0.0553. The number of amides is 2. The molecule has 0 fully saturated rings. The van der Waals surface area contributed by atoms with E-state index in [1.807, 2.05) is 38.1 Å². The maximum absolute atomic E-state index is 12.0. The van der Waals surface area contributed by atoms with Crippen LogP contribution >= 0.6 is 11.8 Å². The summed E-state index contributed by atoms with van der Waals surface area (Å²) in [7, 11) is 0. The first kappa shape index (κ1) is 17.3. The van der Waals surface area contributed by atoms with Crippen LogP contribution in [-0.2, 0) is 19.1 Å². The van der Waals surface area contributed by atoms with Crippen molar-refractivity contribution in [1.29, 1.82) is 0 Å². The molecule has 0 saturated heterocycles. The van der Waals surface area contributed by atoms with E-state index in [4.69, 9.17) is 4.74 Å². The number of nitrogens with one attached hydrogen (secondary N) is 1. The number of esters is 1. The average molecular weight is 336 g/mol. The van der Waals surface area contributed by atoms with Crippen LogP contribution in [0.2, 0.25) is 0 Å². The molecule has 7 heteroatoms. The van der Waals surface area contributed by atoms with Gasteiger partial charge in [-0.05, 0) is 26.0 Å². The molecule has 0 spiro atoms. The molecule has 23 heavy (non-hydrogen) atoms. The van der Waals surface area contributed by atoms with Crippen molar-refractivity contribution in [3.8, 4) is 0 Å². The van der Waals surface area contributed by atoms with Crippen LogP contribution in [0.25, 0.3) is 0 Å². The molecule has 1 N–H and O–H groups in total. The summed E-state index contributed by atoms with van der Waals surface area (Å²) in [5.41, 5.74) is 0.819. The van der Waals surface area contributed by atoms with Crippen LogP contribution in [0.4, 0.5) is 5.69 Å². The minimum atomic E-state index is -0.493. The van der Waals surface area contributed by atoms with Crippen LogP contribution in [0.1, 0.15) is 20.3 Å². The van der Waals surface area contributed by atoms with Gasteiger partial charge in [-0.3, -0.25) is 14.4 Å². The van der Waals surface area contributed by atoms with Gasteiger partial charge in [0, 0.05) is 17.5 Å². The van der Waals surface area contributed by atoms with Gasteiger partial charge in [0.2, 0.25) is 5.91 Å². The minimum absolute atomic E-state index is 0.00109. The number of rotatable bonds is 6. The zero-order valence-corrected chi connectivity index (χ0v) is 14.0. The molecule has 0 bridgehead atoms. The average Bonchev–Trinajstić information content (AvgIpc) is 2.51. The zero-order valence-electron chi connectivity index (χ0n) is 13.2. The maximum atomic E-state index is 12.0. The molecule has 1 aliphatic rings. The first-order valence-electron chi connectivity index (χ1n) is 7.44. The molecule has 1 heterocycles. The number of carbonyl (C=O) groups excluding carboxylic acids is 3. The van der Waals surface area contributed by atoms with Gasteiger partial charge < -0.3 is 15.0 Å². The number of hydrogen-bond donors (Lipinski definition) is 1. The van der Waals surface area contributed by atoms with E-state index in [0.717, 1.165) is 10.6 Å². The molecule has 0 atom stereocenters. The first-order chi connectivity index (χ1) is 11.0. The van der Waals surface area contributed by atoms with Crippen LogP contribution < -0.4 is 10.2 Å². The number of anilines is 1. The molecule has 0 radical (unpaired) electrons. The largest absolute Gasteiger partial charge is 0.456 e. The molecule has 6 nitrogen and oxygen atoms in total. The Hall–Kier alpha value is -2.02. The molecule has 0 aliphatic carbocycles. The van der Waals surface area contributed by atoms with Gasteiger partial charge in [-0.2, -0.15) is 0 Å². The highest BCUT2D eigenvalue weighted by atomic mass is 32.2. The number of benzene rings is 1. The molecule has 0 saturated carbocycles. The Morgan fingerprint density at radius 1 is 1.35 bits per heavy atom. The van der Waals surface area contributed by atoms with Gasteiger partial charge in [0.15, 0.2) is 6.61 Å². The Morgan fingerprint density at radius 2 is 2.09 bits per heavy atom. The normalized spacial score (nSPS) is 13.7. The summed E-state index contributed by atoms with van der Waals surface area (Å²) in [6, 6.07) is 7.59. The van der Waals surface area contributed by atoms with Crippen molar-refractivity contribution in [2.24, 2.45) is 0 Å². The molecule has 2 rings (SSSR count). The lowest BCUT2D eigenvalue weighted by atomic mass is 10.2. The van der Waals surface area contributed by atoms with E-state index < -0.39 is 5.97 Å². The van der Waals surface area contributed by atoms with Crippen LogP contribution in [0.5, 0.6) is 0 Å². The quantitative estimate of drug-likeness (QED) is 0.798. The predicted molar refractivity (Wildman–Crippen MR) is 88.4 cm³/mol. The molecule has 124 valence electrons. The van der Waals surface area contributed by atoms with E-state index in [0.29, 0.717) is 5.75 Å². The fourth-order valence-electron chi connectivity index (χ4n) is 2.18. The fraction of sp³-hybridized carbons (Fsp3) is 0.438. The summed E-state index contributed by atoms with van der Waals surface area (Å²) in [5.74, 6) is -0.487. The molecule has 2 amide bonds. The second kappa shape index (κ2) is 8.01. The third kappa shape index (κ3) is 4.99. The smallest absolute Gasteiger partial charge is 0.308 e. The number of carbonyl (C=O) groups is 3. The van der Waals surface area contributed by atoms with E-state index >= 15 is 0 Å². The van der Waals surface area contributed by atoms with Gasteiger partial charge in [-0.1, -0.05) is 12.1 Å². The van der Waals surface area contributed by atoms with Crippen molar-refractivity contribution in [1.82, 2.24) is 5.32 Å². The highest BCUT2D eigenvalue weighted by Gasteiger charge is 2.24. The lowest BCUT2D eigenvalue weighted by Gasteiger charge is -2.28. The third-order valence-electron chi connectivity index (χ3n) is 3.16. The number of hydrogen-bond acceptors (Lipinski definition) is 5. The van der Waals surface area contributed by atoms with Crippen molar-refractivity contribution in [3.63, 3.8) is 0 Å². The molecule has 1 aromatic rings. The monoisotopic (exact) mass is 336 g/mol. The number of thioether (sulfide) groups is 1. The summed E-state index contributed by atoms with van der Waals surface area (Å²) >= 11 is 1.49. The van der Waals surface area contributed by atoms with Crippen molar-refractivity contribution in [2.75, 3.05) is 23.8 Å². The van der Waals surface area contributed by atoms with Crippen molar-refractivity contribution >= 4 is 35.2 Å². The van der Waals surface area contributed by atoms with E-state index in [9.17, 15) is 14.4 Å². The molecular weight excluding hydrogens is 316 g/mol. The molecule has 0 aromatic heterocycles. The first-order valence-corrected chi connectivity index (χ1v) is 8.43. The zero-order chi connectivity index (χ0) is 16.8. The number of nitrogens with zero attached hydrogens (tertiary/aromatic N) is 1. The number of fused-ring (bicyclic) bond motifs is 1. The molecule has 1 aromatic carbocycles.